The Bertz CT molecular complexity index is 771. The Morgan fingerprint density at radius 1 is 0.917 bits per heavy atom. The number of rotatable bonds is 4. The molecule has 1 unspecified atom stereocenters. The van der Waals surface area contributed by atoms with Gasteiger partial charge in [0.2, 0.25) is 11.8 Å². The van der Waals surface area contributed by atoms with Gasteiger partial charge in [-0.05, 0) is 29.7 Å². The van der Waals surface area contributed by atoms with E-state index in [-0.39, 0.29) is 13.0 Å². The van der Waals surface area contributed by atoms with Crippen molar-refractivity contribution in [2.45, 2.75) is 13.0 Å². The summed E-state index contributed by atoms with van der Waals surface area (Å²) >= 11 is 0. The lowest BCUT2D eigenvalue weighted by Crippen LogP contribution is -2.58. The minimum atomic E-state index is -0.970. The predicted molar refractivity (Wildman–Crippen MR) is 87.0 cm³/mol. The lowest BCUT2D eigenvalue weighted by Gasteiger charge is -2.30. The number of para-hydroxylation sites is 1. The van der Waals surface area contributed by atoms with Crippen molar-refractivity contribution in [1.29, 1.82) is 0 Å². The Kier molecular flexibility index (Phi) is 4.39. The number of carbonyl (C=O) groups is 3. The average Bonchev–Trinajstić information content (AvgIpc) is 2.60. The SMILES string of the molecule is O=C1NC(=O)N(c2ccccc2)C(=O)C1Cc1ccc(CO)cc1. The number of urea groups is 1. The number of hydrogen-bond acceptors (Lipinski definition) is 4. The molecular weight excluding hydrogens is 308 g/mol. The molecule has 0 saturated carbocycles. The second-order valence-electron chi connectivity index (χ2n) is 5.53. The number of hydrogen-bond donors (Lipinski definition) is 2. The van der Waals surface area contributed by atoms with Crippen molar-refractivity contribution in [3.8, 4) is 0 Å². The van der Waals surface area contributed by atoms with Crippen LogP contribution in [0.1, 0.15) is 11.1 Å². The van der Waals surface area contributed by atoms with Crippen LogP contribution in [0.4, 0.5) is 10.5 Å². The number of nitrogens with one attached hydrogen (secondary N) is 1. The van der Waals surface area contributed by atoms with E-state index in [4.69, 9.17) is 5.11 Å². The first kappa shape index (κ1) is 15.9. The molecule has 24 heavy (non-hydrogen) atoms. The van der Waals surface area contributed by atoms with E-state index in [1.165, 1.54) is 0 Å². The molecule has 0 aromatic heterocycles. The first-order valence-corrected chi connectivity index (χ1v) is 7.52. The van der Waals surface area contributed by atoms with Crippen LogP contribution in [0.3, 0.4) is 0 Å². The predicted octanol–water partition coefficient (Wildman–Crippen LogP) is 1.62. The van der Waals surface area contributed by atoms with Gasteiger partial charge >= 0.3 is 6.03 Å². The van der Waals surface area contributed by atoms with Crippen LogP contribution in [-0.2, 0) is 22.6 Å². The Morgan fingerprint density at radius 2 is 1.54 bits per heavy atom. The van der Waals surface area contributed by atoms with Gasteiger partial charge in [-0.3, -0.25) is 14.9 Å². The van der Waals surface area contributed by atoms with Crippen molar-refractivity contribution < 1.29 is 19.5 Å². The zero-order valence-corrected chi connectivity index (χ0v) is 12.8. The van der Waals surface area contributed by atoms with Crippen LogP contribution in [0, 0.1) is 5.92 Å². The molecule has 0 radical (unpaired) electrons. The summed E-state index contributed by atoms with van der Waals surface area (Å²) in [7, 11) is 0. The van der Waals surface area contributed by atoms with Gasteiger partial charge in [-0.1, -0.05) is 42.5 Å². The average molecular weight is 324 g/mol. The van der Waals surface area contributed by atoms with Crippen LogP contribution in [0.2, 0.25) is 0 Å². The molecule has 4 amide bonds. The van der Waals surface area contributed by atoms with Crippen molar-refractivity contribution in [3.05, 3.63) is 65.7 Å². The molecule has 0 aliphatic carbocycles. The Hall–Kier alpha value is -2.99. The third-order valence-corrected chi connectivity index (χ3v) is 3.93. The second kappa shape index (κ2) is 6.64. The van der Waals surface area contributed by atoms with E-state index in [9.17, 15) is 14.4 Å². The van der Waals surface area contributed by atoms with Gasteiger partial charge in [0.15, 0.2) is 0 Å². The number of amides is 4. The van der Waals surface area contributed by atoms with Crippen LogP contribution >= 0.6 is 0 Å². The van der Waals surface area contributed by atoms with Crippen LogP contribution in [-0.4, -0.2) is 23.0 Å². The fraction of sp³-hybridized carbons (Fsp3) is 0.167. The zero-order chi connectivity index (χ0) is 17.1. The van der Waals surface area contributed by atoms with Crippen molar-refractivity contribution in [1.82, 2.24) is 5.32 Å². The van der Waals surface area contributed by atoms with Gasteiger partial charge in [-0.25, -0.2) is 9.69 Å². The van der Waals surface area contributed by atoms with Crippen LogP contribution in [0.15, 0.2) is 54.6 Å². The summed E-state index contributed by atoms with van der Waals surface area (Å²) in [5.74, 6) is -2.10. The van der Waals surface area contributed by atoms with Gasteiger partial charge in [0.1, 0.15) is 5.92 Å². The molecule has 0 bridgehead atoms. The van der Waals surface area contributed by atoms with Crippen molar-refractivity contribution in [3.63, 3.8) is 0 Å². The van der Waals surface area contributed by atoms with E-state index < -0.39 is 23.8 Å². The maximum Gasteiger partial charge on any atom is 0.335 e. The largest absolute Gasteiger partial charge is 0.392 e. The molecule has 1 atom stereocenters. The molecule has 0 spiro atoms. The van der Waals surface area contributed by atoms with Crippen molar-refractivity contribution in [2.75, 3.05) is 4.90 Å². The maximum atomic E-state index is 12.7. The number of anilines is 1. The summed E-state index contributed by atoms with van der Waals surface area (Å²) in [6.45, 7) is -0.0700. The molecule has 2 N–H and O–H groups in total. The van der Waals surface area contributed by atoms with Crippen LogP contribution in [0.25, 0.3) is 0 Å². The summed E-state index contributed by atoms with van der Waals surface area (Å²) in [5, 5.41) is 11.3. The number of nitrogens with zero attached hydrogens (tertiary/aromatic N) is 1. The third-order valence-electron chi connectivity index (χ3n) is 3.93. The number of carbonyl (C=O) groups excluding carboxylic acids is 3. The third kappa shape index (κ3) is 3.04. The Morgan fingerprint density at radius 3 is 2.17 bits per heavy atom. The molecule has 3 rings (SSSR count). The molecule has 1 heterocycles. The number of aliphatic hydroxyl groups is 1. The maximum absolute atomic E-state index is 12.7. The lowest BCUT2D eigenvalue weighted by atomic mass is 9.95. The van der Waals surface area contributed by atoms with E-state index in [1.54, 1.807) is 54.6 Å². The topological polar surface area (TPSA) is 86.7 Å². The summed E-state index contributed by atoms with van der Waals surface area (Å²) in [6.07, 6.45) is 0.187. The van der Waals surface area contributed by atoms with E-state index in [2.05, 4.69) is 5.32 Å². The molecule has 1 aliphatic rings. The Labute approximate surface area is 138 Å². The quantitative estimate of drug-likeness (QED) is 0.837. The number of imide groups is 2. The van der Waals surface area contributed by atoms with E-state index in [1.807, 2.05) is 0 Å². The molecule has 2 aromatic rings. The molecule has 6 nitrogen and oxygen atoms in total. The molecule has 1 saturated heterocycles. The van der Waals surface area contributed by atoms with Crippen molar-refractivity contribution >= 4 is 23.5 Å². The summed E-state index contributed by atoms with van der Waals surface area (Å²) in [6, 6.07) is 14.8. The molecule has 2 aromatic carbocycles. The minimum absolute atomic E-state index is 0.0700. The fourth-order valence-electron chi connectivity index (χ4n) is 2.63. The fourth-order valence-corrected chi connectivity index (χ4v) is 2.63. The highest BCUT2D eigenvalue weighted by Gasteiger charge is 2.41. The summed E-state index contributed by atoms with van der Waals surface area (Å²) in [4.78, 5) is 37.8. The van der Waals surface area contributed by atoms with E-state index in [0.29, 0.717) is 5.69 Å². The van der Waals surface area contributed by atoms with Gasteiger partial charge in [-0.15, -0.1) is 0 Å². The van der Waals surface area contributed by atoms with Crippen LogP contribution < -0.4 is 10.2 Å². The molecule has 1 aliphatic heterocycles. The van der Waals surface area contributed by atoms with E-state index in [0.717, 1.165) is 16.0 Å². The molecule has 1 fully saturated rings. The summed E-state index contributed by atoms with van der Waals surface area (Å²) < 4.78 is 0. The number of benzene rings is 2. The molecule has 122 valence electrons. The highest BCUT2D eigenvalue weighted by atomic mass is 16.3. The lowest BCUT2D eigenvalue weighted by molar-refractivity contribution is -0.134. The van der Waals surface area contributed by atoms with E-state index >= 15 is 0 Å². The van der Waals surface area contributed by atoms with Gasteiger partial charge in [-0.2, -0.15) is 0 Å². The molecular formula is C18H16N2O4. The smallest absolute Gasteiger partial charge is 0.335 e. The van der Waals surface area contributed by atoms with Gasteiger partial charge in [0.05, 0.1) is 12.3 Å². The van der Waals surface area contributed by atoms with Gasteiger partial charge in [0, 0.05) is 0 Å². The monoisotopic (exact) mass is 324 g/mol. The highest BCUT2D eigenvalue weighted by Crippen LogP contribution is 2.22. The number of aliphatic hydroxyl groups excluding tert-OH is 1. The van der Waals surface area contributed by atoms with Crippen molar-refractivity contribution in [2.24, 2.45) is 5.92 Å². The van der Waals surface area contributed by atoms with Gasteiger partial charge < -0.3 is 5.11 Å². The molecule has 6 heteroatoms. The van der Waals surface area contributed by atoms with Crippen LogP contribution in [0.5, 0.6) is 0 Å². The van der Waals surface area contributed by atoms with Gasteiger partial charge in [0.25, 0.3) is 0 Å². The second-order valence-corrected chi connectivity index (χ2v) is 5.53. The number of barbiturate groups is 1. The zero-order valence-electron chi connectivity index (χ0n) is 12.8. The summed E-state index contributed by atoms with van der Waals surface area (Å²) in [5.41, 5.74) is 1.95. The first-order chi connectivity index (χ1) is 11.6. The minimum Gasteiger partial charge on any atom is -0.392 e. The Balaban J connectivity index is 1.85. The standard InChI is InChI=1S/C18H16N2O4/c21-11-13-8-6-12(7-9-13)10-15-16(22)19-18(24)20(17(15)23)14-4-2-1-3-5-14/h1-9,15,21H,10-11H2,(H,19,22,24). The first-order valence-electron chi connectivity index (χ1n) is 7.52. The normalized spacial score (nSPS) is 17.8. The highest BCUT2D eigenvalue weighted by molar-refractivity contribution is 6.27.